The maximum Gasteiger partial charge on any atom is 0.438 e. The molecule has 0 atom stereocenters. The quantitative estimate of drug-likeness (QED) is 0.464. The zero-order valence-electron chi connectivity index (χ0n) is 8.90. The molecule has 0 aromatic heterocycles. The molecule has 0 fully saturated rings. The van der Waals surface area contributed by atoms with E-state index in [1.54, 1.807) is 18.2 Å². The van der Waals surface area contributed by atoms with Crippen molar-refractivity contribution in [1.29, 1.82) is 0 Å². The summed E-state index contributed by atoms with van der Waals surface area (Å²) in [5.41, 5.74) is 2.18. The fraction of sp³-hybridized carbons (Fsp3) is 0.182. The van der Waals surface area contributed by atoms with Gasteiger partial charge in [-0.25, -0.2) is 5.84 Å². The SMILES string of the molecule is NNC(=O)C(F)(F)OCC=Cc1ccccc1. The van der Waals surface area contributed by atoms with Crippen LogP contribution in [0.4, 0.5) is 8.78 Å². The fourth-order valence-corrected chi connectivity index (χ4v) is 1.05. The highest BCUT2D eigenvalue weighted by Crippen LogP contribution is 2.14. The Kier molecular flexibility index (Phi) is 4.74. The second-order valence-electron chi connectivity index (χ2n) is 3.11. The van der Waals surface area contributed by atoms with Gasteiger partial charge in [-0.2, -0.15) is 8.78 Å². The van der Waals surface area contributed by atoms with Crippen molar-refractivity contribution in [1.82, 2.24) is 5.43 Å². The van der Waals surface area contributed by atoms with Crippen LogP contribution in [0.2, 0.25) is 0 Å². The van der Waals surface area contributed by atoms with Crippen LogP contribution in [0.5, 0.6) is 0 Å². The van der Waals surface area contributed by atoms with E-state index in [0.717, 1.165) is 5.56 Å². The molecule has 92 valence electrons. The maximum absolute atomic E-state index is 12.8. The number of nitrogens with two attached hydrogens (primary N) is 1. The number of halogens is 2. The van der Waals surface area contributed by atoms with Gasteiger partial charge in [0.25, 0.3) is 0 Å². The largest absolute Gasteiger partial charge is 0.438 e. The van der Waals surface area contributed by atoms with Crippen molar-refractivity contribution in [3.8, 4) is 0 Å². The molecular weight excluding hydrogens is 230 g/mol. The van der Waals surface area contributed by atoms with E-state index in [4.69, 9.17) is 0 Å². The molecule has 1 aromatic carbocycles. The molecule has 0 saturated carbocycles. The first-order valence-electron chi connectivity index (χ1n) is 4.80. The first-order valence-corrected chi connectivity index (χ1v) is 4.80. The third-order valence-electron chi connectivity index (χ3n) is 1.87. The van der Waals surface area contributed by atoms with Gasteiger partial charge in [0.05, 0.1) is 6.61 Å². The van der Waals surface area contributed by atoms with E-state index >= 15 is 0 Å². The third-order valence-corrected chi connectivity index (χ3v) is 1.87. The van der Waals surface area contributed by atoms with Crippen LogP contribution in [-0.2, 0) is 9.53 Å². The van der Waals surface area contributed by atoms with Gasteiger partial charge in [0.15, 0.2) is 0 Å². The highest BCUT2D eigenvalue weighted by Gasteiger charge is 2.39. The van der Waals surface area contributed by atoms with Gasteiger partial charge in [-0.1, -0.05) is 42.5 Å². The topological polar surface area (TPSA) is 64.3 Å². The van der Waals surface area contributed by atoms with Crippen LogP contribution in [0.3, 0.4) is 0 Å². The van der Waals surface area contributed by atoms with Crippen molar-refractivity contribution in [2.24, 2.45) is 5.84 Å². The smallest absolute Gasteiger partial charge is 0.308 e. The first kappa shape index (κ1) is 13.3. The molecule has 1 amide bonds. The Morgan fingerprint density at radius 1 is 1.41 bits per heavy atom. The summed E-state index contributed by atoms with van der Waals surface area (Å²) in [6.07, 6.45) is -0.931. The summed E-state index contributed by atoms with van der Waals surface area (Å²) in [6.45, 7) is -0.394. The third kappa shape index (κ3) is 4.29. The van der Waals surface area contributed by atoms with Crippen molar-refractivity contribution >= 4 is 12.0 Å². The van der Waals surface area contributed by atoms with E-state index in [0.29, 0.717) is 0 Å². The number of rotatable bonds is 5. The van der Waals surface area contributed by atoms with Gasteiger partial charge in [0, 0.05) is 0 Å². The molecule has 0 saturated heterocycles. The van der Waals surface area contributed by atoms with Gasteiger partial charge in [0.1, 0.15) is 0 Å². The van der Waals surface area contributed by atoms with Gasteiger partial charge in [-0.3, -0.25) is 10.2 Å². The summed E-state index contributed by atoms with van der Waals surface area (Å²) >= 11 is 0. The lowest BCUT2D eigenvalue weighted by atomic mass is 10.2. The average Bonchev–Trinajstić information content (AvgIpc) is 2.35. The first-order chi connectivity index (χ1) is 8.06. The van der Waals surface area contributed by atoms with Gasteiger partial charge in [-0.05, 0) is 5.56 Å². The van der Waals surface area contributed by atoms with Crippen molar-refractivity contribution in [2.75, 3.05) is 6.61 Å². The lowest BCUT2D eigenvalue weighted by Crippen LogP contribution is -2.45. The van der Waals surface area contributed by atoms with Gasteiger partial charge >= 0.3 is 12.0 Å². The summed E-state index contributed by atoms with van der Waals surface area (Å²) in [5.74, 6) is 2.90. The van der Waals surface area contributed by atoms with E-state index < -0.39 is 18.6 Å². The molecule has 0 aliphatic carbocycles. The molecule has 4 nitrogen and oxygen atoms in total. The van der Waals surface area contributed by atoms with Crippen molar-refractivity contribution < 1.29 is 18.3 Å². The molecule has 0 spiro atoms. The van der Waals surface area contributed by atoms with Crippen molar-refractivity contribution in [3.63, 3.8) is 0 Å². The zero-order valence-corrected chi connectivity index (χ0v) is 8.90. The Balaban J connectivity index is 2.43. The number of carbonyl (C=O) groups is 1. The van der Waals surface area contributed by atoms with Gasteiger partial charge in [-0.15, -0.1) is 0 Å². The van der Waals surface area contributed by atoms with Crippen molar-refractivity contribution in [3.05, 3.63) is 42.0 Å². The lowest BCUT2D eigenvalue weighted by Gasteiger charge is -2.12. The predicted molar refractivity (Wildman–Crippen MR) is 58.7 cm³/mol. The summed E-state index contributed by atoms with van der Waals surface area (Å²) < 4.78 is 29.7. The molecule has 1 aromatic rings. The Labute approximate surface area is 97.0 Å². The van der Waals surface area contributed by atoms with E-state index in [1.807, 2.05) is 18.2 Å². The highest BCUT2D eigenvalue weighted by atomic mass is 19.3. The maximum atomic E-state index is 12.8. The molecule has 0 radical (unpaired) electrons. The number of amides is 1. The lowest BCUT2D eigenvalue weighted by molar-refractivity contribution is -0.226. The molecule has 0 bridgehead atoms. The second kappa shape index (κ2) is 6.07. The minimum absolute atomic E-state index is 0.394. The number of hydrazine groups is 1. The van der Waals surface area contributed by atoms with Crippen LogP contribution in [-0.4, -0.2) is 18.6 Å². The molecule has 0 heterocycles. The summed E-state index contributed by atoms with van der Waals surface area (Å²) in [4.78, 5) is 10.6. The van der Waals surface area contributed by atoms with E-state index in [9.17, 15) is 13.6 Å². The summed E-state index contributed by atoms with van der Waals surface area (Å²) in [7, 11) is 0. The molecule has 0 unspecified atom stereocenters. The van der Waals surface area contributed by atoms with E-state index in [-0.39, 0.29) is 0 Å². The Bertz CT molecular complexity index is 394. The number of ether oxygens (including phenoxy) is 1. The molecule has 3 N–H and O–H groups in total. The molecule has 0 aliphatic heterocycles. The predicted octanol–water partition coefficient (Wildman–Crippen LogP) is 1.30. The molecular formula is C11H12F2N2O2. The highest BCUT2D eigenvalue weighted by molar-refractivity contribution is 5.81. The molecule has 1 rings (SSSR count). The number of nitrogens with one attached hydrogen (secondary N) is 1. The number of hydrogen-bond donors (Lipinski definition) is 2. The zero-order chi connectivity index (χ0) is 12.7. The second-order valence-corrected chi connectivity index (χ2v) is 3.11. The normalized spacial score (nSPS) is 11.7. The fourth-order valence-electron chi connectivity index (χ4n) is 1.05. The number of hydrogen-bond acceptors (Lipinski definition) is 3. The van der Waals surface area contributed by atoms with Crippen molar-refractivity contribution in [2.45, 2.75) is 6.11 Å². The summed E-state index contributed by atoms with van der Waals surface area (Å²) in [5, 5.41) is 0. The van der Waals surface area contributed by atoms with Gasteiger partial charge in [0.2, 0.25) is 0 Å². The van der Waals surface area contributed by atoms with E-state index in [2.05, 4.69) is 10.6 Å². The van der Waals surface area contributed by atoms with Crippen LogP contribution in [0.15, 0.2) is 36.4 Å². The standard InChI is InChI=1S/C11H12F2N2O2/c12-11(13,10(16)15-14)17-8-4-7-9-5-2-1-3-6-9/h1-7H,8,14H2,(H,15,16). The molecule has 0 aliphatic rings. The number of carbonyl (C=O) groups excluding carboxylic acids is 1. The van der Waals surface area contributed by atoms with Crippen LogP contribution in [0, 0.1) is 0 Å². The summed E-state index contributed by atoms with van der Waals surface area (Å²) in [6, 6.07) is 9.09. The Morgan fingerprint density at radius 2 is 2.06 bits per heavy atom. The Hall–Kier alpha value is -1.79. The molecule has 6 heteroatoms. The van der Waals surface area contributed by atoms with Crippen LogP contribution >= 0.6 is 0 Å². The Morgan fingerprint density at radius 3 is 2.65 bits per heavy atom. The van der Waals surface area contributed by atoms with Gasteiger partial charge < -0.3 is 4.74 Å². The average molecular weight is 242 g/mol. The van der Waals surface area contributed by atoms with Crippen LogP contribution in [0.25, 0.3) is 6.08 Å². The number of benzene rings is 1. The molecule has 17 heavy (non-hydrogen) atoms. The van der Waals surface area contributed by atoms with Crippen LogP contribution in [0.1, 0.15) is 5.56 Å². The van der Waals surface area contributed by atoms with E-state index in [1.165, 1.54) is 11.5 Å². The number of alkyl halides is 2. The minimum atomic E-state index is -3.92. The van der Waals surface area contributed by atoms with Crippen LogP contribution < -0.4 is 11.3 Å². The minimum Gasteiger partial charge on any atom is -0.308 e. The monoisotopic (exact) mass is 242 g/mol.